The van der Waals surface area contributed by atoms with E-state index in [1.807, 2.05) is 0 Å². The van der Waals surface area contributed by atoms with Crippen LogP contribution in [0.1, 0.15) is 32.1 Å². The van der Waals surface area contributed by atoms with Gasteiger partial charge in [-0.3, -0.25) is 9.59 Å². The Kier molecular flexibility index (Phi) is 3.38. The highest BCUT2D eigenvalue weighted by Crippen LogP contribution is 2.46. The van der Waals surface area contributed by atoms with Gasteiger partial charge in [-0.2, -0.15) is 0 Å². The van der Waals surface area contributed by atoms with E-state index >= 15 is 0 Å². The Labute approximate surface area is 102 Å². The fraction of sp³-hybridized carbons (Fsp3) is 0.833. The monoisotopic (exact) mass is 239 g/mol. The van der Waals surface area contributed by atoms with Crippen molar-refractivity contribution < 1.29 is 9.59 Å². The number of piperidine rings is 1. The number of amides is 2. The number of nitrogens with two attached hydrogens (primary N) is 1. The fourth-order valence-electron chi connectivity index (χ4n) is 2.57. The zero-order valence-electron chi connectivity index (χ0n) is 10.4. The Morgan fingerprint density at radius 1 is 1.41 bits per heavy atom. The predicted octanol–water partition coefficient (Wildman–Crippen LogP) is -0.148. The second-order valence-electron chi connectivity index (χ2n) is 5.11. The van der Waals surface area contributed by atoms with Crippen LogP contribution < -0.4 is 11.1 Å². The Balaban J connectivity index is 2.11. The molecular formula is C12H21N3O2. The molecule has 1 heterocycles. The molecule has 1 saturated carbocycles. The molecule has 96 valence electrons. The zero-order valence-corrected chi connectivity index (χ0v) is 10.4. The number of rotatable bonds is 3. The van der Waals surface area contributed by atoms with Crippen molar-refractivity contribution in [2.75, 3.05) is 20.1 Å². The summed E-state index contributed by atoms with van der Waals surface area (Å²) in [5, 5.41) is 2.65. The summed E-state index contributed by atoms with van der Waals surface area (Å²) in [6.45, 7) is 1.10. The highest BCUT2D eigenvalue weighted by Gasteiger charge is 2.52. The maximum Gasteiger partial charge on any atom is 0.242 e. The largest absolute Gasteiger partial charge is 0.357 e. The topological polar surface area (TPSA) is 75.4 Å². The molecule has 2 rings (SSSR count). The van der Waals surface area contributed by atoms with Crippen LogP contribution in [0.3, 0.4) is 0 Å². The van der Waals surface area contributed by atoms with E-state index in [1.165, 1.54) is 0 Å². The third-order valence-electron chi connectivity index (χ3n) is 4.01. The van der Waals surface area contributed by atoms with Crippen LogP contribution in [-0.4, -0.2) is 42.9 Å². The molecule has 1 atom stereocenters. The quantitative estimate of drug-likeness (QED) is 0.719. The van der Waals surface area contributed by atoms with Crippen LogP contribution in [0.2, 0.25) is 0 Å². The summed E-state index contributed by atoms with van der Waals surface area (Å²) in [7, 11) is 1.62. The minimum absolute atomic E-state index is 0.0501. The first kappa shape index (κ1) is 12.4. The van der Waals surface area contributed by atoms with Crippen LogP contribution in [-0.2, 0) is 9.59 Å². The average Bonchev–Trinajstić information content (AvgIpc) is 3.18. The third kappa shape index (κ3) is 2.16. The molecule has 5 nitrogen and oxygen atoms in total. The predicted molar refractivity (Wildman–Crippen MR) is 64.1 cm³/mol. The number of nitrogens with one attached hydrogen (secondary N) is 1. The summed E-state index contributed by atoms with van der Waals surface area (Å²) < 4.78 is 0. The van der Waals surface area contributed by atoms with Crippen LogP contribution in [0.15, 0.2) is 0 Å². The number of carbonyl (C=O) groups excluding carboxylic acids is 2. The number of likely N-dealkylation sites (N-methyl/N-ethyl adjacent to an activating group) is 1. The van der Waals surface area contributed by atoms with E-state index in [4.69, 9.17) is 5.73 Å². The molecule has 5 heteroatoms. The molecular weight excluding hydrogens is 218 g/mol. The van der Waals surface area contributed by atoms with Gasteiger partial charge in [0.05, 0.1) is 5.41 Å². The first-order valence-corrected chi connectivity index (χ1v) is 6.37. The third-order valence-corrected chi connectivity index (χ3v) is 4.01. The average molecular weight is 239 g/mol. The lowest BCUT2D eigenvalue weighted by atomic mass is 9.97. The van der Waals surface area contributed by atoms with Gasteiger partial charge in [0, 0.05) is 20.1 Å². The standard InChI is InChI=1S/C12H21N3O2/c1-14-10(16)9-4-2-3-7-15(9)11(17)12(8-13)5-6-12/h9H,2-8,13H2,1H3,(H,14,16). The summed E-state index contributed by atoms with van der Waals surface area (Å²) in [6.07, 6.45) is 4.52. The number of nitrogens with zero attached hydrogens (tertiary/aromatic N) is 1. The zero-order chi connectivity index (χ0) is 12.5. The van der Waals surface area contributed by atoms with Crippen LogP contribution >= 0.6 is 0 Å². The van der Waals surface area contributed by atoms with Crippen molar-refractivity contribution in [3.63, 3.8) is 0 Å². The van der Waals surface area contributed by atoms with Crippen LogP contribution in [0.25, 0.3) is 0 Å². The first-order valence-electron chi connectivity index (χ1n) is 6.37. The molecule has 0 aromatic rings. The van der Waals surface area contributed by atoms with Gasteiger partial charge in [0.15, 0.2) is 0 Å². The van der Waals surface area contributed by atoms with Crippen molar-refractivity contribution in [2.24, 2.45) is 11.1 Å². The van der Waals surface area contributed by atoms with Gasteiger partial charge in [0.2, 0.25) is 11.8 Å². The lowest BCUT2D eigenvalue weighted by Crippen LogP contribution is -2.54. The maximum absolute atomic E-state index is 12.4. The molecule has 3 N–H and O–H groups in total. The molecule has 2 aliphatic rings. The molecule has 1 unspecified atom stereocenters. The van der Waals surface area contributed by atoms with Crippen LogP contribution in [0, 0.1) is 5.41 Å². The van der Waals surface area contributed by atoms with E-state index in [-0.39, 0.29) is 23.3 Å². The minimum Gasteiger partial charge on any atom is -0.357 e. The van der Waals surface area contributed by atoms with Gasteiger partial charge < -0.3 is 16.0 Å². The van der Waals surface area contributed by atoms with E-state index in [1.54, 1.807) is 11.9 Å². The molecule has 2 fully saturated rings. The molecule has 0 aromatic carbocycles. The van der Waals surface area contributed by atoms with Gasteiger partial charge >= 0.3 is 0 Å². The van der Waals surface area contributed by atoms with Crippen molar-refractivity contribution in [1.29, 1.82) is 0 Å². The van der Waals surface area contributed by atoms with E-state index in [0.717, 1.165) is 32.1 Å². The molecule has 0 bridgehead atoms. The SMILES string of the molecule is CNC(=O)C1CCCCN1C(=O)C1(CN)CC1. The van der Waals surface area contributed by atoms with Crippen molar-refractivity contribution >= 4 is 11.8 Å². The molecule has 1 aliphatic heterocycles. The molecule has 0 spiro atoms. The van der Waals surface area contributed by atoms with Crippen molar-refractivity contribution in [1.82, 2.24) is 10.2 Å². The highest BCUT2D eigenvalue weighted by molar-refractivity contribution is 5.91. The highest BCUT2D eigenvalue weighted by atomic mass is 16.2. The smallest absolute Gasteiger partial charge is 0.242 e. The Morgan fingerprint density at radius 3 is 2.65 bits per heavy atom. The maximum atomic E-state index is 12.4. The van der Waals surface area contributed by atoms with E-state index in [2.05, 4.69) is 5.32 Å². The Bertz CT molecular complexity index is 326. The van der Waals surface area contributed by atoms with E-state index in [0.29, 0.717) is 13.1 Å². The normalized spacial score (nSPS) is 26.5. The van der Waals surface area contributed by atoms with Gasteiger partial charge in [0.1, 0.15) is 6.04 Å². The number of likely N-dealkylation sites (tertiary alicyclic amines) is 1. The van der Waals surface area contributed by atoms with Gasteiger partial charge in [-0.1, -0.05) is 0 Å². The molecule has 2 amide bonds. The number of carbonyl (C=O) groups is 2. The number of hydrogen-bond acceptors (Lipinski definition) is 3. The second kappa shape index (κ2) is 4.64. The number of hydrogen-bond donors (Lipinski definition) is 2. The lowest BCUT2D eigenvalue weighted by Gasteiger charge is -2.36. The van der Waals surface area contributed by atoms with Gasteiger partial charge in [0.25, 0.3) is 0 Å². The minimum atomic E-state index is -0.344. The summed E-state index contributed by atoms with van der Waals surface area (Å²) >= 11 is 0. The van der Waals surface area contributed by atoms with Gasteiger partial charge in [-0.25, -0.2) is 0 Å². The lowest BCUT2D eigenvalue weighted by molar-refractivity contribution is -0.146. The Morgan fingerprint density at radius 2 is 2.12 bits per heavy atom. The van der Waals surface area contributed by atoms with E-state index < -0.39 is 0 Å². The fourth-order valence-corrected chi connectivity index (χ4v) is 2.57. The van der Waals surface area contributed by atoms with Crippen molar-refractivity contribution in [2.45, 2.75) is 38.1 Å². The van der Waals surface area contributed by atoms with Crippen molar-refractivity contribution in [3.8, 4) is 0 Å². The van der Waals surface area contributed by atoms with Gasteiger partial charge in [-0.05, 0) is 32.1 Å². The Hall–Kier alpha value is -1.10. The summed E-state index contributed by atoms with van der Waals surface area (Å²) in [5.74, 6) is 0.0409. The van der Waals surface area contributed by atoms with Crippen molar-refractivity contribution in [3.05, 3.63) is 0 Å². The first-order chi connectivity index (χ1) is 8.14. The summed E-state index contributed by atoms with van der Waals surface area (Å²) in [5.41, 5.74) is 5.34. The van der Waals surface area contributed by atoms with Crippen LogP contribution in [0.4, 0.5) is 0 Å². The summed E-state index contributed by atoms with van der Waals surface area (Å²) in [4.78, 5) is 25.9. The summed E-state index contributed by atoms with van der Waals surface area (Å²) in [6, 6.07) is -0.287. The molecule has 17 heavy (non-hydrogen) atoms. The molecule has 0 aromatic heterocycles. The molecule has 1 aliphatic carbocycles. The van der Waals surface area contributed by atoms with Crippen LogP contribution in [0.5, 0.6) is 0 Å². The molecule has 1 saturated heterocycles. The molecule has 0 radical (unpaired) electrons. The second-order valence-corrected chi connectivity index (χ2v) is 5.11. The van der Waals surface area contributed by atoms with Gasteiger partial charge in [-0.15, -0.1) is 0 Å². The van der Waals surface area contributed by atoms with E-state index in [9.17, 15) is 9.59 Å².